The summed E-state index contributed by atoms with van der Waals surface area (Å²) in [5.74, 6) is -2.58. The van der Waals surface area contributed by atoms with Crippen LogP contribution in [0.2, 0.25) is 0 Å². The highest BCUT2D eigenvalue weighted by Gasteiger charge is 2.24. The van der Waals surface area contributed by atoms with Crippen LogP contribution in [0, 0.1) is 0 Å². The minimum absolute atomic E-state index is 0.0212. The molecule has 9 N–H and O–H groups in total. The Bertz CT molecular complexity index is 3270. The lowest BCUT2D eigenvalue weighted by atomic mass is 10.2. The minimum Gasteiger partial charge on any atom is -0.397 e. The van der Waals surface area contributed by atoms with E-state index in [2.05, 4.69) is 44.4 Å². The highest BCUT2D eigenvalue weighted by atomic mass is 32.3. The van der Waals surface area contributed by atoms with Crippen molar-refractivity contribution in [2.75, 3.05) is 41.5 Å². The van der Waals surface area contributed by atoms with E-state index in [1.807, 2.05) is 0 Å². The van der Waals surface area contributed by atoms with Gasteiger partial charge in [-0.2, -0.15) is 38.8 Å². The fraction of sp³-hybridized carbons (Fsp3) is 0.167. The van der Waals surface area contributed by atoms with Crippen LogP contribution in [0.25, 0.3) is 0 Å². The normalized spacial score (nSPS) is 13.3. The summed E-state index contributed by atoms with van der Waals surface area (Å²) in [4.78, 5) is 9.04. The number of amides is 1. The van der Waals surface area contributed by atoms with Crippen molar-refractivity contribution in [3.8, 4) is 0 Å². The molecule has 34 heteroatoms. The molecule has 0 radical (unpaired) electrons. The summed E-state index contributed by atoms with van der Waals surface area (Å²) in [6, 6.07) is 10.3. The van der Waals surface area contributed by atoms with E-state index in [9.17, 15) is 64.4 Å². The van der Waals surface area contributed by atoms with Crippen molar-refractivity contribution in [1.82, 2.24) is 0 Å². The number of nitrogen functional groups attached to an aromatic ring is 2. The lowest BCUT2D eigenvalue weighted by Gasteiger charge is -2.10. The van der Waals surface area contributed by atoms with Crippen LogP contribution < -0.4 is 16.8 Å². The number of hydrogen-bond acceptors (Lipinski definition) is 23. The quantitative estimate of drug-likeness (QED) is 0.0399. The maximum Gasteiger partial charge on any atom is 0.397 e. The topological polar surface area (TPSA) is 460 Å². The largest absolute Gasteiger partial charge is 0.397 e. The van der Waals surface area contributed by atoms with Crippen LogP contribution in [-0.2, 0) is 73.9 Å². The van der Waals surface area contributed by atoms with E-state index in [1.54, 1.807) is 0 Å². The van der Waals surface area contributed by atoms with E-state index in [1.165, 1.54) is 0 Å². The second-order valence-electron chi connectivity index (χ2n) is 12.3. The van der Waals surface area contributed by atoms with Crippen molar-refractivity contribution in [3.05, 3.63) is 66.7 Å². The summed E-state index contributed by atoms with van der Waals surface area (Å²) in [5, 5.41) is 25.4. The third-order valence-electron chi connectivity index (χ3n) is 7.58. The number of sulfone groups is 2. The Morgan fingerprint density at radius 2 is 0.969 bits per heavy atom. The predicted molar refractivity (Wildman–Crippen MR) is 220 cm³/mol. The Kier molecular flexibility index (Phi) is 15.5. The second kappa shape index (κ2) is 19.5. The summed E-state index contributed by atoms with van der Waals surface area (Å²) in [6.07, 6.45) is 0. The van der Waals surface area contributed by atoms with E-state index >= 15 is 0 Å². The standard InChI is InChI=1S/C30H31N9O19S6/c1-17(40)33-26-15-28(30(62(48,49)50)16-27(26)38-34-18-2-4-19(5-3-18)59(41,42)10-8-57-63(51,52)53)39-37-25-14-24(21(31)13-22(25)32)36-35-23-7-6-20(12-29(23)61(45,46)47)60(43,44)11-9-58-64(54,55)56/h2-7,12-16H,8-11,31-32H2,1H3,(H,33,40)(H,45,46,47)(H,48,49,50)(H,51,52,53)(H,54,55,56). The summed E-state index contributed by atoms with van der Waals surface area (Å²) >= 11 is 0. The molecule has 64 heavy (non-hydrogen) atoms. The third-order valence-corrected chi connectivity index (χ3v) is 13.6. The van der Waals surface area contributed by atoms with Crippen LogP contribution in [-0.4, -0.2) is 99.3 Å². The molecule has 4 rings (SSSR count). The van der Waals surface area contributed by atoms with Gasteiger partial charge in [-0.1, -0.05) is 0 Å². The number of hydrogen-bond donors (Lipinski definition) is 7. The lowest BCUT2D eigenvalue weighted by Crippen LogP contribution is -2.16. The monoisotopic (exact) mass is 1010 g/mol. The van der Waals surface area contributed by atoms with E-state index < -0.39 is 117 Å². The fourth-order valence-electron chi connectivity index (χ4n) is 4.76. The molecule has 0 fully saturated rings. The fourth-order valence-corrected chi connectivity index (χ4v) is 9.11. The van der Waals surface area contributed by atoms with E-state index in [4.69, 9.17) is 20.6 Å². The number of rotatable bonds is 19. The molecule has 346 valence electrons. The smallest absolute Gasteiger partial charge is 0.397 e. The summed E-state index contributed by atoms with van der Waals surface area (Å²) < 4.78 is 188. The molecule has 4 aromatic carbocycles. The van der Waals surface area contributed by atoms with Gasteiger partial charge in [-0.15, -0.1) is 25.6 Å². The van der Waals surface area contributed by atoms with Crippen LogP contribution in [0.4, 0.5) is 51.2 Å². The molecule has 0 aliphatic rings. The van der Waals surface area contributed by atoms with Crippen molar-refractivity contribution < 1.29 is 81.9 Å². The molecule has 0 unspecified atom stereocenters. The average Bonchev–Trinajstić information content (AvgIpc) is 3.14. The van der Waals surface area contributed by atoms with Crippen LogP contribution in [0.15, 0.2) is 117 Å². The minimum atomic E-state index is -5.21. The number of nitrogens with one attached hydrogen (secondary N) is 1. The summed E-state index contributed by atoms with van der Waals surface area (Å²) in [6.45, 7) is -0.856. The number of azo groups is 3. The first kappa shape index (κ1) is 50.9. The maximum atomic E-state index is 12.6. The number of anilines is 3. The van der Waals surface area contributed by atoms with Crippen LogP contribution >= 0.6 is 0 Å². The van der Waals surface area contributed by atoms with E-state index in [0.29, 0.717) is 6.07 Å². The molecule has 0 saturated carbocycles. The molecular weight excluding hydrogens is 983 g/mol. The molecule has 0 aliphatic heterocycles. The van der Waals surface area contributed by atoms with Crippen LogP contribution in [0.5, 0.6) is 0 Å². The molecular formula is C30H31N9O19S6. The van der Waals surface area contributed by atoms with Gasteiger partial charge in [-0.3, -0.25) is 23.0 Å². The van der Waals surface area contributed by atoms with Gasteiger partial charge in [0.05, 0.1) is 57.3 Å². The van der Waals surface area contributed by atoms with Gasteiger partial charge < -0.3 is 16.8 Å². The molecule has 4 aromatic rings. The Labute approximate surface area is 363 Å². The number of nitrogens with two attached hydrogens (primary N) is 2. The van der Waals surface area contributed by atoms with Crippen LogP contribution in [0.3, 0.4) is 0 Å². The Morgan fingerprint density at radius 3 is 1.45 bits per heavy atom. The second-order valence-corrected chi connectivity index (χ2v) is 21.5. The number of nitrogens with zero attached hydrogens (tertiary/aromatic N) is 6. The Morgan fingerprint density at radius 1 is 0.531 bits per heavy atom. The summed E-state index contributed by atoms with van der Waals surface area (Å²) in [7, 11) is -28.8. The molecule has 0 spiro atoms. The molecule has 0 saturated heterocycles. The van der Waals surface area contributed by atoms with Gasteiger partial charge in [-0.25, -0.2) is 25.2 Å². The molecule has 0 bridgehead atoms. The molecule has 0 aromatic heterocycles. The zero-order valence-corrected chi connectivity index (χ0v) is 36.8. The van der Waals surface area contributed by atoms with Gasteiger partial charge in [0.15, 0.2) is 19.7 Å². The van der Waals surface area contributed by atoms with Crippen LogP contribution in [0.1, 0.15) is 6.92 Å². The van der Waals surface area contributed by atoms with Crippen molar-refractivity contribution in [2.45, 2.75) is 26.5 Å². The zero-order chi connectivity index (χ0) is 48.1. The van der Waals surface area contributed by atoms with Gasteiger partial charge in [0, 0.05) is 6.92 Å². The number of carbonyl (C=O) groups is 1. The Hall–Kier alpha value is -5.79. The predicted octanol–water partition coefficient (Wildman–Crippen LogP) is 3.74. The van der Waals surface area contributed by atoms with E-state index in [0.717, 1.165) is 67.6 Å². The van der Waals surface area contributed by atoms with Crippen molar-refractivity contribution in [1.29, 1.82) is 0 Å². The highest BCUT2D eigenvalue weighted by molar-refractivity contribution is 7.92. The average molecular weight is 1010 g/mol. The van der Waals surface area contributed by atoms with Gasteiger partial charge in [0.25, 0.3) is 20.2 Å². The van der Waals surface area contributed by atoms with Gasteiger partial charge >= 0.3 is 20.8 Å². The van der Waals surface area contributed by atoms with Gasteiger partial charge in [-0.05, 0) is 66.7 Å². The number of benzene rings is 4. The molecule has 0 aliphatic carbocycles. The third kappa shape index (κ3) is 14.6. The number of carbonyl (C=O) groups excluding carboxylic acids is 1. The lowest BCUT2D eigenvalue weighted by molar-refractivity contribution is -0.114. The van der Waals surface area contributed by atoms with Crippen molar-refractivity contribution >= 4 is 118 Å². The molecule has 1 amide bonds. The molecule has 0 atom stereocenters. The van der Waals surface area contributed by atoms with E-state index in [-0.39, 0.29) is 44.7 Å². The summed E-state index contributed by atoms with van der Waals surface area (Å²) in [5.41, 5.74) is 9.08. The first-order valence-electron chi connectivity index (χ1n) is 16.6. The molecule has 0 heterocycles. The Balaban J connectivity index is 1.69. The molecule has 28 nitrogen and oxygen atoms in total. The van der Waals surface area contributed by atoms with Crippen molar-refractivity contribution in [3.63, 3.8) is 0 Å². The highest BCUT2D eigenvalue weighted by Crippen LogP contribution is 2.40. The zero-order valence-electron chi connectivity index (χ0n) is 31.9. The first-order chi connectivity index (χ1) is 29.3. The first-order valence-corrected chi connectivity index (χ1v) is 25.5. The van der Waals surface area contributed by atoms with Gasteiger partial charge in [0.1, 0.15) is 38.2 Å². The SMILES string of the molecule is CC(=O)Nc1cc(N=Nc2cc(N=Nc3ccc(S(=O)(=O)CCOS(=O)(=O)O)cc3S(=O)(=O)O)c(N)cc2N)c(S(=O)(=O)O)cc1N=Nc1ccc(S(=O)(=O)CCOS(=O)(=O)O)cc1. The van der Waals surface area contributed by atoms with Gasteiger partial charge in [0.2, 0.25) is 5.91 Å². The maximum absolute atomic E-state index is 12.6. The van der Waals surface area contributed by atoms with Crippen molar-refractivity contribution in [2.24, 2.45) is 30.7 Å².